The van der Waals surface area contributed by atoms with Gasteiger partial charge >= 0.3 is 6.18 Å². The fourth-order valence-corrected chi connectivity index (χ4v) is 8.77. The first-order valence-corrected chi connectivity index (χ1v) is 19.6. The van der Waals surface area contributed by atoms with E-state index >= 15 is 4.39 Å². The van der Waals surface area contributed by atoms with Crippen LogP contribution in [0.25, 0.3) is 0 Å². The van der Waals surface area contributed by atoms with Crippen molar-refractivity contribution in [3.05, 3.63) is 110 Å². The third-order valence-electron chi connectivity index (χ3n) is 11.4. The molecular formula is C42H45BrF6N4O2. The van der Waals surface area contributed by atoms with E-state index in [4.69, 9.17) is 14.5 Å². The van der Waals surface area contributed by atoms with Gasteiger partial charge in [0, 0.05) is 61.1 Å². The highest BCUT2D eigenvalue weighted by Gasteiger charge is 2.44. The first kappa shape index (κ1) is 39.5. The minimum absolute atomic E-state index is 0.0610. The van der Waals surface area contributed by atoms with Crippen LogP contribution in [0, 0.1) is 5.41 Å². The Morgan fingerprint density at radius 1 is 0.891 bits per heavy atom. The minimum atomic E-state index is -4.59. The van der Waals surface area contributed by atoms with Gasteiger partial charge < -0.3 is 14.4 Å². The highest BCUT2D eigenvalue weighted by atomic mass is 79.9. The first-order valence-electron chi connectivity index (χ1n) is 18.8. The van der Waals surface area contributed by atoms with Crippen LogP contribution < -0.4 is 9.64 Å². The molecule has 2 aromatic heterocycles. The average Bonchev–Trinajstić information content (AvgIpc) is 3.16. The van der Waals surface area contributed by atoms with Crippen molar-refractivity contribution >= 4 is 21.9 Å². The van der Waals surface area contributed by atoms with Crippen molar-refractivity contribution in [2.24, 2.45) is 5.41 Å². The van der Waals surface area contributed by atoms with Gasteiger partial charge in [-0.2, -0.15) is 13.2 Å². The van der Waals surface area contributed by atoms with Crippen LogP contribution >= 0.6 is 15.9 Å². The van der Waals surface area contributed by atoms with Crippen LogP contribution in [0.5, 0.6) is 5.75 Å². The maximum atomic E-state index is 17.7. The molecule has 0 radical (unpaired) electrons. The van der Waals surface area contributed by atoms with E-state index in [9.17, 15) is 22.0 Å². The number of nitrogens with zero attached hydrogens (tertiary/aromatic N) is 4. The van der Waals surface area contributed by atoms with Crippen molar-refractivity contribution < 1.29 is 35.8 Å². The quantitative estimate of drug-likeness (QED) is 0.157. The summed E-state index contributed by atoms with van der Waals surface area (Å²) < 4.78 is 101. The lowest BCUT2D eigenvalue weighted by Gasteiger charge is -2.42. The largest absolute Gasteiger partial charge is 0.497 e. The molecule has 6 nitrogen and oxygen atoms in total. The molecule has 2 atom stereocenters. The Kier molecular flexibility index (Phi) is 11.3. The standard InChI is InChI=1S/C42H45BrF6N4O2/c1-40(2)20-32-35(33(21-40)55-24-25-4-10-31(54-3)11-5-25)34(26-12-16-41(45,46)17-13-26)36(37(44)27-6-8-29(9-7-27)42(47,48)49)38(52-32)28-14-18-53(19-15-28)39-50-22-30(43)23-51-39/h4-11,22-23,26,28,33,37H,12-21,24H2,1-3H3. The summed E-state index contributed by atoms with van der Waals surface area (Å²) in [5.41, 5.74) is 2.87. The Hall–Kier alpha value is -3.71. The number of anilines is 1. The van der Waals surface area contributed by atoms with Gasteiger partial charge in [0.1, 0.15) is 5.75 Å². The zero-order valence-electron chi connectivity index (χ0n) is 31.1. The number of halogens is 7. The lowest BCUT2D eigenvalue weighted by Crippen LogP contribution is -2.36. The smallest absolute Gasteiger partial charge is 0.416 e. The minimum Gasteiger partial charge on any atom is -0.497 e. The zero-order valence-corrected chi connectivity index (χ0v) is 32.7. The van der Waals surface area contributed by atoms with E-state index in [1.165, 1.54) is 12.1 Å². The number of rotatable bonds is 9. The summed E-state index contributed by atoms with van der Waals surface area (Å²) in [6.07, 6.45) is -1.61. The molecule has 0 amide bonds. The topological polar surface area (TPSA) is 60.4 Å². The Morgan fingerprint density at radius 3 is 2.13 bits per heavy atom. The van der Waals surface area contributed by atoms with Crippen LogP contribution in [0.4, 0.5) is 32.3 Å². The molecule has 2 fully saturated rings. The molecule has 1 saturated heterocycles. The van der Waals surface area contributed by atoms with Crippen LogP contribution in [0.3, 0.4) is 0 Å². The maximum absolute atomic E-state index is 17.7. The van der Waals surface area contributed by atoms with Crippen molar-refractivity contribution in [3.63, 3.8) is 0 Å². The molecule has 4 aromatic rings. The SMILES string of the molecule is COc1ccc(COC2CC(C)(C)Cc3nc(C4CCN(c5ncc(Br)cn5)CC4)c(C(F)c4ccc(C(F)(F)F)cc4)c(C4CCC(F)(F)CC4)c32)cc1. The van der Waals surface area contributed by atoms with Crippen molar-refractivity contribution in [2.45, 2.75) is 108 Å². The summed E-state index contributed by atoms with van der Waals surface area (Å²) in [5, 5.41) is 0. The Labute approximate surface area is 326 Å². The van der Waals surface area contributed by atoms with Crippen LogP contribution in [-0.2, 0) is 23.9 Å². The third kappa shape index (κ3) is 8.82. The average molecular weight is 832 g/mol. The summed E-state index contributed by atoms with van der Waals surface area (Å²) >= 11 is 3.38. The lowest BCUT2D eigenvalue weighted by molar-refractivity contribution is -0.137. The van der Waals surface area contributed by atoms with E-state index in [0.29, 0.717) is 67.3 Å². The molecule has 294 valence electrons. The van der Waals surface area contributed by atoms with E-state index in [-0.39, 0.29) is 49.2 Å². The molecule has 0 bridgehead atoms. The van der Waals surface area contributed by atoms with E-state index in [1.54, 1.807) is 19.5 Å². The summed E-state index contributed by atoms with van der Waals surface area (Å²) in [5.74, 6) is -2.16. The molecule has 1 saturated carbocycles. The first-order chi connectivity index (χ1) is 26.1. The van der Waals surface area contributed by atoms with Crippen LogP contribution in [-0.4, -0.2) is 41.1 Å². The number of alkyl halides is 6. The second kappa shape index (κ2) is 15.7. The van der Waals surface area contributed by atoms with Gasteiger partial charge in [-0.3, -0.25) is 4.98 Å². The number of ether oxygens (including phenoxy) is 2. The molecule has 3 heterocycles. The molecular weight excluding hydrogens is 786 g/mol. The molecule has 7 rings (SSSR count). The van der Waals surface area contributed by atoms with E-state index in [2.05, 4.69) is 44.6 Å². The van der Waals surface area contributed by atoms with Crippen molar-refractivity contribution in [2.75, 3.05) is 25.1 Å². The van der Waals surface area contributed by atoms with Gasteiger partial charge in [-0.1, -0.05) is 38.1 Å². The summed E-state index contributed by atoms with van der Waals surface area (Å²) in [7, 11) is 1.59. The molecule has 2 aromatic carbocycles. The number of piperidine rings is 1. The number of fused-ring (bicyclic) bond motifs is 1. The van der Waals surface area contributed by atoms with Gasteiger partial charge in [-0.25, -0.2) is 23.1 Å². The zero-order chi connectivity index (χ0) is 39.1. The lowest BCUT2D eigenvalue weighted by atomic mass is 9.68. The predicted molar refractivity (Wildman–Crippen MR) is 201 cm³/mol. The van der Waals surface area contributed by atoms with Crippen LogP contribution in [0.1, 0.15) is 128 Å². The number of benzene rings is 2. The maximum Gasteiger partial charge on any atom is 0.416 e. The Bertz CT molecular complexity index is 1940. The fraction of sp³-hybridized carbons (Fsp3) is 0.500. The molecule has 1 aliphatic heterocycles. The van der Waals surface area contributed by atoms with Gasteiger partial charge in [-0.15, -0.1) is 0 Å². The molecule has 3 aliphatic rings. The van der Waals surface area contributed by atoms with Gasteiger partial charge in [0.05, 0.1) is 35.6 Å². The van der Waals surface area contributed by atoms with Crippen molar-refractivity contribution in [1.82, 2.24) is 15.0 Å². The van der Waals surface area contributed by atoms with Gasteiger partial charge in [0.15, 0.2) is 6.17 Å². The van der Waals surface area contributed by atoms with Crippen LogP contribution in [0.2, 0.25) is 0 Å². The second-order valence-electron chi connectivity index (χ2n) is 16.0. The number of aromatic nitrogens is 3. The molecule has 0 spiro atoms. The molecule has 2 aliphatic carbocycles. The number of hydrogen-bond acceptors (Lipinski definition) is 6. The van der Waals surface area contributed by atoms with Crippen molar-refractivity contribution in [1.29, 1.82) is 0 Å². The van der Waals surface area contributed by atoms with E-state index < -0.39 is 35.9 Å². The molecule has 2 unspecified atom stereocenters. The third-order valence-corrected chi connectivity index (χ3v) is 11.8. The summed E-state index contributed by atoms with van der Waals surface area (Å²) in [4.78, 5) is 16.3. The Morgan fingerprint density at radius 2 is 1.53 bits per heavy atom. The second-order valence-corrected chi connectivity index (χ2v) is 16.9. The fourth-order valence-electron chi connectivity index (χ4n) is 8.56. The van der Waals surface area contributed by atoms with E-state index in [0.717, 1.165) is 33.4 Å². The number of hydrogen-bond donors (Lipinski definition) is 0. The monoisotopic (exact) mass is 830 g/mol. The van der Waals surface area contributed by atoms with Gasteiger partial charge in [-0.05, 0) is 107 Å². The summed E-state index contributed by atoms with van der Waals surface area (Å²) in [6, 6.07) is 11.7. The van der Waals surface area contributed by atoms with Crippen molar-refractivity contribution in [3.8, 4) is 5.75 Å². The normalized spacial score (nSPS) is 20.9. The highest BCUT2D eigenvalue weighted by molar-refractivity contribution is 9.10. The van der Waals surface area contributed by atoms with Gasteiger partial charge in [0.25, 0.3) is 0 Å². The number of methoxy groups -OCH3 is 1. The van der Waals surface area contributed by atoms with Gasteiger partial charge in [0.2, 0.25) is 11.9 Å². The molecule has 0 N–H and O–H groups in total. The molecule has 13 heteroatoms. The predicted octanol–water partition coefficient (Wildman–Crippen LogP) is 11.6. The Balaban J connectivity index is 1.36. The van der Waals surface area contributed by atoms with E-state index in [1.807, 2.05) is 24.3 Å². The highest BCUT2D eigenvalue weighted by Crippen LogP contribution is 2.53. The number of pyridine rings is 1. The molecule has 55 heavy (non-hydrogen) atoms. The van der Waals surface area contributed by atoms with Crippen LogP contribution in [0.15, 0.2) is 65.4 Å². The summed E-state index contributed by atoms with van der Waals surface area (Å²) in [6.45, 7) is 5.69.